The van der Waals surface area contributed by atoms with Crippen LogP contribution in [0.25, 0.3) is 0 Å². The minimum atomic E-state index is 0.460. The molecule has 1 aromatic carbocycles. The molecule has 0 atom stereocenters. The molecule has 94 valence electrons. The maximum Gasteiger partial charge on any atom is 0.219 e. The van der Waals surface area contributed by atoms with Crippen molar-refractivity contribution >= 4 is 27.5 Å². The van der Waals surface area contributed by atoms with Crippen LogP contribution in [0.4, 0.5) is 0 Å². The van der Waals surface area contributed by atoms with Gasteiger partial charge in [0, 0.05) is 23.3 Å². The van der Waals surface area contributed by atoms with Crippen LogP contribution in [-0.4, -0.2) is 4.98 Å². The Morgan fingerprint density at radius 1 is 1.33 bits per heavy atom. The first-order valence-corrected chi connectivity index (χ1v) is 6.56. The minimum Gasteiger partial charge on any atom is -0.438 e. The topological polar surface area (TPSA) is 48.1 Å². The van der Waals surface area contributed by atoms with E-state index in [0.717, 1.165) is 15.7 Å². The van der Waals surface area contributed by atoms with Crippen molar-refractivity contribution in [3.8, 4) is 11.6 Å². The number of pyridine rings is 1. The van der Waals surface area contributed by atoms with Gasteiger partial charge in [0.15, 0.2) is 0 Å². The Hall–Kier alpha value is -1.10. The molecule has 0 saturated carbocycles. The molecule has 0 unspecified atom stereocenters. The van der Waals surface area contributed by atoms with Gasteiger partial charge in [0.05, 0.1) is 4.47 Å². The van der Waals surface area contributed by atoms with Crippen LogP contribution in [0.3, 0.4) is 0 Å². The summed E-state index contributed by atoms with van der Waals surface area (Å²) in [6.45, 7) is 2.37. The lowest BCUT2D eigenvalue weighted by Crippen LogP contribution is -1.99. The van der Waals surface area contributed by atoms with E-state index < -0.39 is 0 Å². The van der Waals surface area contributed by atoms with Gasteiger partial charge in [-0.3, -0.25) is 0 Å². The monoisotopic (exact) mass is 326 g/mol. The van der Waals surface area contributed by atoms with E-state index in [1.54, 1.807) is 18.2 Å². The number of aromatic nitrogens is 1. The van der Waals surface area contributed by atoms with E-state index in [9.17, 15) is 0 Å². The highest BCUT2D eigenvalue weighted by atomic mass is 79.9. The first-order valence-electron chi connectivity index (χ1n) is 5.39. The second kappa shape index (κ2) is 5.69. The van der Waals surface area contributed by atoms with E-state index in [1.165, 1.54) is 0 Å². The van der Waals surface area contributed by atoms with Gasteiger partial charge in [0.2, 0.25) is 5.88 Å². The molecule has 0 aliphatic carbocycles. The van der Waals surface area contributed by atoms with Crippen molar-refractivity contribution in [2.24, 2.45) is 5.73 Å². The zero-order chi connectivity index (χ0) is 13.1. The summed E-state index contributed by atoms with van der Waals surface area (Å²) in [4.78, 5) is 4.31. The van der Waals surface area contributed by atoms with Crippen LogP contribution >= 0.6 is 27.5 Å². The predicted octanol–water partition coefficient (Wildman–Crippen LogP) is 4.06. The minimum absolute atomic E-state index is 0.460. The summed E-state index contributed by atoms with van der Waals surface area (Å²) in [5, 5.41) is 0.647. The SMILES string of the molecule is Cc1cc(CN)cc(Oc2ccc(Cl)cc2Br)n1. The molecule has 2 N–H and O–H groups in total. The molecule has 2 aromatic rings. The molecule has 18 heavy (non-hydrogen) atoms. The molecule has 0 aliphatic heterocycles. The van der Waals surface area contributed by atoms with Crippen LogP contribution < -0.4 is 10.5 Å². The molecule has 0 spiro atoms. The van der Waals surface area contributed by atoms with Crippen molar-refractivity contribution in [1.29, 1.82) is 0 Å². The molecule has 0 amide bonds. The van der Waals surface area contributed by atoms with Gasteiger partial charge >= 0.3 is 0 Å². The number of hydrogen-bond donors (Lipinski definition) is 1. The van der Waals surface area contributed by atoms with Gasteiger partial charge in [0.1, 0.15) is 5.75 Å². The van der Waals surface area contributed by atoms with E-state index >= 15 is 0 Å². The summed E-state index contributed by atoms with van der Waals surface area (Å²) in [5.41, 5.74) is 7.48. The largest absolute Gasteiger partial charge is 0.438 e. The van der Waals surface area contributed by atoms with Gasteiger partial charge in [-0.25, -0.2) is 4.98 Å². The van der Waals surface area contributed by atoms with Gasteiger partial charge in [-0.05, 0) is 52.7 Å². The number of rotatable bonds is 3. The Morgan fingerprint density at radius 2 is 2.11 bits per heavy atom. The number of benzene rings is 1. The third kappa shape index (κ3) is 3.22. The Kier molecular flexibility index (Phi) is 4.22. The second-order valence-corrected chi connectivity index (χ2v) is 5.13. The number of halogens is 2. The van der Waals surface area contributed by atoms with Gasteiger partial charge in [-0.1, -0.05) is 11.6 Å². The molecule has 0 radical (unpaired) electrons. The van der Waals surface area contributed by atoms with Gasteiger partial charge in [-0.2, -0.15) is 0 Å². The zero-order valence-electron chi connectivity index (χ0n) is 9.78. The van der Waals surface area contributed by atoms with E-state index in [0.29, 0.717) is 23.2 Å². The van der Waals surface area contributed by atoms with Gasteiger partial charge < -0.3 is 10.5 Å². The molecule has 0 saturated heterocycles. The average molecular weight is 328 g/mol. The van der Waals surface area contributed by atoms with E-state index in [-0.39, 0.29) is 0 Å². The van der Waals surface area contributed by atoms with E-state index in [1.807, 2.05) is 19.1 Å². The van der Waals surface area contributed by atoms with Crippen LogP contribution in [0.5, 0.6) is 11.6 Å². The molecule has 0 bridgehead atoms. The maximum absolute atomic E-state index is 5.88. The molecular formula is C13H12BrClN2O. The lowest BCUT2D eigenvalue weighted by Gasteiger charge is -2.09. The van der Waals surface area contributed by atoms with Gasteiger partial charge in [0.25, 0.3) is 0 Å². The number of nitrogens with zero attached hydrogens (tertiary/aromatic N) is 1. The van der Waals surface area contributed by atoms with Crippen LogP contribution in [-0.2, 0) is 6.54 Å². The molecule has 0 aliphatic rings. The van der Waals surface area contributed by atoms with Gasteiger partial charge in [-0.15, -0.1) is 0 Å². The highest BCUT2D eigenvalue weighted by molar-refractivity contribution is 9.10. The van der Waals surface area contributed by atoms with Crippen molar-refractivity contribution in [3.63, 3.8) is 0 Å². The highest BCUT2D eigenvalue weighted by Gasteiger charge is 2.06. The van der Waals surface area contributed by atoms with E-state index in [2.05, 4.69) is 20.9 Å². The van der Waals surface area contributed by atoms with Crippen LogP contribution in [0.2, 0.25) is 5.02 Å². The predicted molar refractivity (Wildman–Crippen MR) is 76.1 cm³/mol. The van der Waals surface area contributed by atoms with Crippen molar-refractivity contribution in [1.82, 2.24) is 4.98 Å². The Labute approximate surface area is 119 Å². The standard InChI is InChI=1S/C13H12BrClN2O/c1-8-4-9(7-16)5-13(17-8)18-12-3-2-10(15)6-11(12)14/h2-6H,7,16H2,1H3. The van der Waals surface area contributed by atoms with Crippen LogP contribution in [0, 0.1) is 6.92 Å². The third-order valence-corrected chi connectivity index (χ3v) is 3.19. The van der Waals surface area contributed by atoms with Crippen molar-refractivity contribution in [3.05, 3.63) is 51.1 Å². The summed E-state index contributed by atoms with van der Waals surface area (Å²) >= 11 is 9.27. The first kappa shape index (κ1) is 13.3. The normalized spacial score (nSPS) is 10.4. The molecule has 2 rings (SSSR count). The van der Waals surface area contributed by atoms with Crippen LogP contribution in [0.15, 0.2) is 34.8 Å². The molecule has 0 fully saturated rings. The summed E-state index contributed by atoms with van der Waals surface area (Å²) in [5.74, 6) is 1.19. The number of nitrogens with two attached hydrogens (primary N) is 1. The summed E-state index contributed by atoms with van der Waals surface area (Å²) in [6.07, 6.45) is 0. The lowest BCUT2D eigenvalue weighted by atomic mass is 10.2. The lowest BCUT2D eigenvalue weighted by molar-refractivity contribution is 0.458. The fourth-order valence-corrected chi connectivity index (χ4v) is 2.31. The maximum atomic E-state index is 5.88. The highest BCUT2D eigenvalue weighted by Crippen LogP contribution is 2.31. The summed E-state index contributed by atoms with van der Waals surface area (Å²) < 4.78 is 6.50. The average Bonchev–Trinajstić information content (AvgIpc) is 2.32. The fourth-order valence-electron chi connectivity index (χ4n) is 1.55. The van der Waals surface area contributed by atoms with E-state index in [4.69, 9.17) is 22.1 Å². The molecular weight excluding hydrogens is 316 g/mol. The Balaban J connectivity index is 2.30. The summed E-state index contributed by atoms with van der Waals surface area (Å²) in [6, 6.07) is 9.09. The number of ether oxygens (including phenoxy) is 1. The Bertz CT molecular complexity index is 575. The van der Waals surface area contributed by atoms with Crippen LogP contribution in [0.1, 0.15) is 11.3 Å². The Morgan fingerprint density at radius 3 is 2.78 bits per heavy atom. The smallest absolute Gasteiger partial charge is 0.219 e. The molecule has 5 heteroatoms. The van der Waals surface area contributed by atoms with Crippen molar-refractivity contribution < 1.29 is 4.74 Å². The zero-order valence-corrected chi connectivity index (χ0v) is 12.1. The molecule has 1 heterocycles. The molecule has 3 nitrogen and oxygen atoms in total. The van der Waals surface area contributed by atoms with Crippen molar-refractivity contribution in [2.45, 2.75) is 13.5 Å². The number of aryl methyl sites for hydroxylation is 1. The molecule has 1 aromatic heterocycles. The van der Waals surface area contributed by atoms with Crippen molar-refractivity contribution in [2.75, 3.05) is 0 Å². The second-order valence-electron chi connectivity index (χ2n) is 3.84. The summed E-state index contributed by atoms with van der Waals surface area (Å²) in [7, 11) is 0. The third-order valence-electron chi connectivity index (χ3n) is 2.33. The first-order chi connectivity index (χ1) is 8.58. The fraction of sp³-hybridized carbons (Fsp3) is 0.154. The number of hydrogen-bond acceptors (Lipinski definition) is 3. The quantitative estimate of drug-likeness (QED) is 0.925.